The van der Waals surface area contributed by atoms with Crippen molar-refractivity contribution in [2.24, 2.45) is 0 Å². The molecule has 0 aliphatic carbocycles. The second kappa shape index (κ2) is 4.16. The lowest BCUT2D eigenvalue weighted by atomic mass is 10.2. The Morgan fingerprint density at radius 2 is 2.15 bits per heavy atom. The Labute approximate surface area is 111 Å². The van der Waals surface area contributed by atoms with E-state index in [2.05, 4.69) is 72.6 Å². The summed E-state index contributed by atoms with van der Waals surface area (Å²) in [7, 11) is 0. The summed E-state index contributed by atoms with van der Waals surface area (Å²) in [6.45, 7) is 0. The number of hydrogen-bond acceptors (Lipinski definition) is 1. The minimum Gasteiger partial charge on any atom is -0.139 e. The van der Waals surface area contributed by atoms with Gasteiger partial charge >= 0.3 is 0 Å². The fourth-order valence-electron chi connectivity index (χ4n) is 1.17. The Morgan fingerprint density at radius 3 is 2.85 bits per heavy atom. The molecule has 2 rings (SSSR count). The number of alkyl halides is 1. The summed E-state index contributed by atoms with van der Waals surface area (Å²) in [6.07, 6.45) is 0. The molecule has 0 unspecified atom stereocenters. The van der Waals surface area contributed by atoms with Gasteiger partial charge in [-0.1, -0.05) is 15.9 Å². The fraction of sp³-hybridized carbons (Fsp3) is 0.111. The summed E-state index contributed by atoms with van der Waals surface area (Å²) < 4.78 is 3.83. The van der Waals surface area contributed by atoms with E-state index in [4.69, 9.17) is 0 Å². The van der Waals surface area contributed by atoms with Crippen LogP contribution in [0.3, 0.4) is 0 Å². The van der Waals surface area contributed by atoms with Gasteiger partial charge in [-0.15, -0.1) is 11.3 Å². The molecule has 0 N–H and O–H groups in total. The van der Waals surface area contributed by atoms with Gasteiger partial charge in [0.2, 0.25) is 0 Å². The van der Waals surface area contributed by atoms with Crippen molar-refractivity contribution in [3.05, 3.63) is 31.1 Å². The molecular weight excluding hydrogens is 427 g/mol. The minimum atomic E-state index is 0.940. The first kappa shape index (κ1) is 10.4. The van der Waals surface area contributed by atoms with E-state index in [0.29, 0.717) is 0 Å². The number of fused-ring (bicyclic) bond motifs is 1. The van der Waals surface area contributed by atoms with Crippen molar-refractivity contribution in [1.29, 1.82) is 0 Å². The van der Waals surface area contributed by atoms with Gasteiger partial charge in [0.25, 0.3) is 0 Å². The number of benzene rings is 1. The van der Waals surface area contributed by atoms with E-state index >= 15 is 0 Å². The predicted octanol–water partition coefficient (Wildman–Crippen LogP) is 5.16. The molecule has 0 atom stereocenters. The zero-order valence-corrected chi connectivity index (χ0v) is 12.6. The molecule has 0 radical (unpaired) electrons. The van der Waals surface area contributed by atoms with Crippen LogP contribution in [0.1, 0.15) is 4.88 Å². The van der Waals surface area contributed by atoms with E-state index in [1.54, 1.807) is 0 Å². The van der Waals surface area contributed by atoms with E-state index in [-0.39, 0.29) is 0 Å². The second-order valence-corrected chi connectivity index (χ2v) is 6.30. The van der Waals surface area contributed by atoms with Crippen LogP contribution in [-0.4, -0.2) is 0 Å². The van der Waals surface area contributed by atoms with E-state index in [1.165, 1.54) is 23.0 Å². The Bertz CT molecular complexity index is 450. The van der Waals surface area contributed by atoms with Crippen LogP contribution in [0, 0.1) is 3.57 Å². The fourth-order valence-corrected chi connectivity index (χ4v) is 3.66. The molecule has 0 saturated heterocycles. The van der Waals surface area contributed by atoms with Crippen LogP contribution in [0.25, 0.3) is 10.1 Å². The van der Waals surface area contributed by atoms with Crippen LogP contribution in [0.4, 0.5) is 0 Å². The SMILES string of the molecule is BrCc1cc2c(Br)c(I)ccc2s1. The van der Waals surface area contributed by atoms with Crippen LogP contribution in [0.5, 0.6) is 0 Å². The molecule has 0 bridgehead atoms. The average molecular weight is 432 g/mol. The highest BCUT2D eigenvalue weighted by molar-refractivity contribution is 14.1. The number of thiophene rings is 1. The molecule has 0 aliphatic heterocycles. The summed E-state index contributed by atoms with van der Waals surface area (Å²) in [5.74, 6) is 0. The van der Waals surface area contributed by atoms with Gasteiger partial charge in [-0.05, 0) is 56.7 Å². The molecule has 0 spiro atoms. The smallest absolute Gasteiger partial charge is 0.0395 e. The quantitative estimate of drug-likeness (QED) is 0.432. The van der Waals surface area contributed by atoms with Gasteiger partial charge in [0.05, 0.1) is 0 Å². The van der Waals surface area contributed by atoms with E-state index in [9.17, 15) is 0 Å². The standard InChI is InChI=1S/C9H5Br2IS/c10-4-5-3-6-8(13-5)2-1-7(12)9(6)11/h1-3H,4H2. The average Bonchev–Trinajstić information content (AvgIpc) is 2.55. The molecule has 68 valence electrons. The predicted molar refractivity (Wildman–Crippen MR) is 74.9 cm³/mol. The van der Waals surface area contributed by atoms with Gasteiger partial charge in [0.15, 0.2) is 0 Å². The van der Waals surface area contributed by atoms with Crippen molar-refractivity contribution >= 4 is 75.9 Å². The molecule has 0 nitrogen and oxygen atoms in total. The van der Waals surface area contributed by atoms with Crippen molar-refractivity contribution in [1.82, 2.24) is 0 Å². The third kappa shape index (κ3) is 1.96. The lowest BCUT2D eigenvalue weighted by molar-refractivity contribution is 1.59. The van der Waals surface area contributed by atoms with Gasteiger partial charge < -0.3 is 0 Å². The highest BCUT2D eigenvalue weighted by atomic mass is 127. The highest BCUT2D eigenvalue weighted by Crippen LogP contribution is 2.34. The van der Waals surface area contributed by atoms with Crippen LogP contribution >= 0.6 is 65.8 Å². The Balaban J connectivity index is 2.76. The van der Waals surface area contributed by atoms with Crippen molar-refractivity contribution in [2.75, 3.05) is 0 Å². The van der Waals surface area contributed by atoms with Crippen molar-refractivity contribution < 1.29 is 0 Å². The topological polar surface area (TPSA) is 0 Å². The van der Waals surface area contributed by atoms with E-state index < -0.39 is 0 Å². The Morgan fingerprint density at radius 1 is 1.38 bits per heavy atom. The van der Waals surface area contributed by atoms with Crippen LogP contribution in [0.15, 0.2) is 22.7 Å². The summed E-state index contributed by atoms with van der Waals surface area (Å²) in [5, 5.41) is 2.27. The lowest BCUT2D eigenvalue weighted by Crippen LogP contribution is -1.73. The second-order valence-electron chi connectivity index (χ2n) is 2.62. The maximum absolute atomic E-state index is 3.61. The summed E-state index contributed by atoms with van der Waals surface area (Å²) in [4.78, 5) is 1.37. The van der Waals surface area contributed by atoms with Crippen molar-refractivity contribution in [3.8, 4) is 0 Å². The maximum atomic E-state index is 3.61. The number of hydrogen-bond donors (Lipinski definition) is 0. The van der Waals surface area contributed by atoms with Gasteiger partial charge in [-0.2, -0.15) is 0 Å². The molecule has 4 heteroatoms. The normalized spacial score (nSPS) is 11.0. The van der Waals surface area contributed by atoms with Crippen LogP contribution < -0.4 is 0 Å². The van der Waals surface area contributed by atoms with Gasteiger partial charge in [-0.25, -0.2) is 0 Å². The third-order valence-corrected chi connectivity index (χ3v) is 6.34. The number of rotatable bonds is 1. The summed E-state index contributed by atoms with van der Waals surface area (Å²) in [6, 6.07) is 6.56. The maximum Gasteiger partial charge on any atom is 0.0395 e. The molecule has 1 aromatic carbocycles. The van der Waals surface area contributed by atoms with E-state index in [1.807, 2.05) is 11.3 Å². The summed E-state index contributed by atoms with van der Waals surface area (Å²) >= 11 is 11.3. The van der Waals surface area contributed by atoms with Crippen molar-refractivity contribution in [2.45, 2.75) is 5.33 Å². The highest BCUT2D eigenvalue weighted by Gasteiger charge is 2.06. The lowest BCUT2D eigenvalue weighted by Gasteiger charge is -1.95. The molecule has 1 heterocycles. The third-order valence-electron chi connectivity index (χ3n) is 1.77. The number of halogens is 3. The van der Waals surface area contributed by atoms with E-state index in [0.717, 1.165) is 5.33 Å². The Kier molecular flexibility index (Phi) is 3.33. The first-order valence-corrected chi connectivity index (χ1v) is 7.45. The first-order valence-electron chi connectivity index (χ1n) is 3.65. The molecule has 0 amide bonds. The molecule has 0 fully saturated rings. The molecule has 1 aromatic heterocycles. The van der Waals surface area contributed by atoms with Gasteiger partial charge in [0.1, 0.15) is 0 Å². The molecule has 13 heavy (non-hydrogen) atoms. The Hall–Kier alpha value is 0.870. The minimum absolute atomic E-state index is 0.940. The zero-order valence-electron chi connectivity index (χ0n) is 6.48. The monoisotopic (exact) mass is 430 g/mol. The van der Waals surface area contributed by atoms with Crippen molar-refractivity contribution in [3.63, 3.8) is 0 Å². The zero-order chi connectivity index (χ0) is 9.42. The largest absolute Gasteiger partial charge is 0.139 e. The van der Waals surface area contributed by atoms with Gasteiger partial charge in [0, 0.05) is 28.3 Å². The molecular formula is C9H5Br2IS. The molecule has 0 saturated carbocycles. The van der Waals surface area contributed by atoms with Crippen LogP contribution in [0.2, 0.25) is 0 Å². The van der Waals surface area contributed by atoms with Gasteiger partial charge in [-0.3, -0.25) is 0 Å². The summed E-state index contributed by atoms with van der Waals surface area (Å²) in [5.41, 5.74) is 0. The molecule has 2 aromatic rings. The van der Waals surface area contributed by atoms with Crippen LogP contribution in [-0.2, 0) is 5.33 Å². The first-order chi connectivity index (χ1) is 6.22. The molecule has 0 aliphatic rings.